The summed E-state index contributed by atoms with van der Waals surface area (Å²) in [6.07, 6.45) is 2.71. The number of hydrogen-bond acceptors (Lipinski definition) is 9. The molecular formula is C20H27N5O8. The first kappa shape index (κ1) is 25.4. The lowest BCUT2D eigenvalue weighted by Gasteiger charge is -2.24. The number of furan rings is 1. The Morgan fingerprint density at radius 3 is 2.70 bits per heavy atom. The van der Waals surface area contributed by atoms with Crippen LogP contribution in [0.2, 0.25) is 0 Å². The molecule has 13 heteroatoms. The molecule has 33 heavy (non-hydrogen) atoms. The van der Waals surface area contributed by atoms with Crippen LogP contribution in [0.15, 0.2) is 32.4 Å². The van der Waals surface area contributed by atoms with Crippen molar-refractivity contribution in [2.75, 3.05) is 44.0 Å². The molecular weight excluding hydrogens is 438 g/mol. The molecule has 0 aliphatic carbocycles. The molecule has 0 saturated carbocycles. The van der Waals surface area contributed by atoms with Gasteiger partial charge in [0.05, 0.1) is 12.9 Å². The van der Waals surface area contributed by atoms with Crippen molar-refractivity contribution in [3.63, 3.8) is 0 Å². The maximum atomic E-state index is 12.8. The van der Waals surface area contributed by atoms with Crippen LogP contribution in [0, 0.1) is 0 Å². The minimum absolute atomic E-state index is 0.0116. The minimum Gasteiger partial charge on any atom is -0.459 e. The van der Waals surface area contributed by atoms with E-state index in [1.807, 2.05) is 6.92 Å². The van der Waals surface area contributed by atoms with Crippen molar-refractivity contribution in [3.8, 4) is 0 Å². The Morgan fingerprint density at radius 1 is 1.30 bits per heavy atom. The number of nitrogens with one attached hydrogen (secondary N) is 2. The summed E-state index contributed by atoms with van der Waals surface area (Å²) in [5, 5.41) is 2.29. The molecule has 0 spiro atoms. The van der Waals surface area contributed by atoms with Gasteiger partial charge in [-0.25, -0.2) is 4.79 Å². The molecule has 2 amide bonds. The number of rotatable bonds is 12. The highest BCUT2D eigenvalue weighted by Crippen LogP contribution is 2.17. The van der Waals surface area contributed by atoms with Gasteiger partial charge >= 0.3 is 11.7 Å². The number of H-pyrrole nitrogens is 1. The maximum absolute atomic E-state index is 12.8. The summed E-state index contributed by atoms with van der Waals surface area (Å²) < 4.78 is 16.0. The van der Waals surface area contributed by atoms with E-state index in [1.54, 1.807) is 0 Å². The molecule has 2 heterocycles. The number of aromatic amines is 1. The Bertz CT molecular complexity index is 1070. The summed E-state index contributed by atoms with van der Waals surface area (Å²) in [4.78, 5) is 64.3. The first-order valence-electron chi connectivity index (χ1n) is 10.2. The van der Waals surface area contributed by atoms with Crippen LogP contribution >= 0.6 is 0 Å². The molecule has 0 aliphatic heterocycles. The zero-order valence-corrected chi connectivity index (χ0v) is 18.4. The van der Waals surface area contributed by atoms with Gasteiger partial charge in [-0.05, 0) is 18.6 Å². The first-order valence-corrected chi connectivity index (χ1v) is 10.2. The Morgan fingerprint density at radius 2 is 2.06 bits per heavy atom. The van der Waals surface area contributed by atoms with Crippen LogP contribution < -0.4 is 27.2 Å². The molecule has 0 radical (unpaired) electrons. The second kappa shape index (κ2) is 12.2. The number of nitrogens with zero attached hydrogens (tertiary/aromatic N) is 2. The van der Waals surface area contributed by atoms with Crippen LogP contribution in [0.25, 0.3) is 0 Å². The topological polar surface area (TPSA) is 179 Å². The molecule has 180 valence electrons. The molecule has 0 bridgehead atoms. The van der Waals surface area contributed by atoms with Gasteiger partial charge in [-0.1, -0.05) is 13.3 Å². The van der Waals surface area contributed by atoms with Crippen molar-refractivity contribution in [3.05, 3.63) is 45.0 Å². The summed E-state index contributed by atoms with van der Waals surface area (Å²) in [6, 6.07) is 2.93. The van der Waals surface area contributed by atoms with Crippen molar-refractivity contribution < 1.29 is 28.3 Å². The number of carbonyl (C=O) groups is 3. The Kier molecular flexibility index (Phi) is 9.42. The molecule has 0 unspecified atom stereocenters. The third-order valence-electron chi connectivity index (χ3n) is 4.53. The van der Waals surface area contributed by atoms with Gasteiger partial charge in [0.15, 0.2) is 18.1 Å². The average Bonchev–Trinajstić information content (AvgIpc) is 3.32. The van der Waals surface area contributed by atoms with E-state index >= 15 is 0 Å². The van der Waals surface area contributed by atoms with Crippen LogP contribution in [-0.4, -0.2) is 60.7 Å². The van der Waals surface area contributed by atoms with Gasteiger partial charge in [-0.2, -0.15) is 0 Å². The van der Waals surface area contributed by atoms with E-state index in [9.17, 15) is 24.0 Å². The zero-order valence-electron chi connectivity index (χ0n) is 18.4. The maximum Gasteiger partial charge on any atom is 0.330 e. The van der Waals surface area contributed by atoms with Crippen LogP contribution in [0.1, 0.15) is 30.3 Å². The smallest absolute Gasteiger partial charge is 0.330 e. The second-order valence-corrected chi connectivity index (χ2v) is 6.86. The Hall–Kier alpha value is -3.87. The van der Waals surface area contributed by atoms with E-state index in [1.165, 1.54) is 30.1 Å². The molecule has 0 atom stereocenters. The molecule has 2 aromatic heterocycles. The lowest BCUT2D eigenvalue weighted by atomic mass is 10.3. The molecule has 4 N–H and O–H groups in total. The number of amides is 2. The van der Waals surface area contributed by atoms with Crippen LogP contribution in [0.3, 0.4) is 0 Å². The van der Waals surface area contributed by atoms with Gasteiger partial charge in [-0.3, -0.25) is 33.6 Å². The quantitative estimate of drug-likeness (QED) is 0.347. The van der Waals surface area contributed by atoms with Crippen molar-refractivity contribution >= 4 is 29.3 Å². The Balaban J connectivity index is 2.12. The summed E-state index contributed by atoms with van der Waals surface area (Å²) in [7, 11) is 1.40. The van der Waals surface area contributed by atoms with E-state index < -0.39 is 42.2 Å². The predicted octanol–water partition coefficient (Wildman–Crippen LogP) is -0.535. The summed E-state index contributed by atoms with van der Waals surface area (Å²) in [5.74, 6) is -2.45. The number of nitrogens with two attached hydrogens (primary N) is 1. The number of hydrogen-bond donors (Lipinski definition) is 3. The van der Waals surface area contributed by atoms with Crippen molar-refractivity contribution in [2.24, 2.45) is 0 Å². The van der Waals surface area contributed by atoms with Gasteiger partial charge in [0.1, 0.15) is 12.4 Å². The molecule has 0 saturated heterocycles. The van der Waals surface area contributed by atoms with Gasteiger partial charge in [-0.15, -0.1) is 0 Å². The third kappa shape index (κ3) is 6.80. The normalized spacial score (nSPS) is 10.6. The highest BCUT2D eigenvalue weighted by molar-refractivity contribution is 5.97. The van der Waals surface area contributed by atoms with Crippen LogP contribution in [0.4, 0.5) is 11.5 Å². The van der Waals surface area contributed by atoms with Gasteiger partial charge < -0.3 is 24.9 Å². The molecule has 0 aromatic carbocycles. The highest BCUT2D eigenvalue weighted by atomic mass is 16.5. The minimum atomic E-state index is -0.884. The molecule has 2 aromatic rings. The van der Waals surface area contributed by atoms with E-state index in [4.69, 9.17) is 19.6 Å². The van der Waals surface area contributed by atoms with Gasteiger partial charge in [0.2, 0.25) is 0 Å². The number of methoxy groups -OCH3 is 1. The fraction of sp³-hybridized carbons (Fsp3) is 0.450. The van der Waals surface area contributed by atoms with E-state index in [0.29, 0.717) is 6.42 Å². The summed E-state index contributed by atoms with van der Waals surface area (Å²) in [6.45, 7) is 0.907. The van der Waals surface area contributed by atoms with Crippen LogP contribution in [-0.2, 0) is 25.6 Å². The van der Waals surface area contributed by atoms with Crippen LogP contribution in [0.5, 0.6) is 0 Å². The second-order valence-electron chi connectivity index (χ2n) is 6.86. The van der Waals surface area contributed by atoms with Gasteiger partial charge in [0, 0.05) is 20.2 Å². The molecule has 0 fully saturated rings. The largest absolute Gasteiger partial charge is 0.459 e. The standard InChI is InChI=1S/C20H27N5O8/c1-3-4-7-25-17(21)16(19(29)23-20(25)30)24(8-10-31-2)14(26)12-33-15(27)11-22-18(28)13-6-5-9-32-13/h5-6,9H,3-4,7-8,10-12,21H2,1-2H3,(H,22,28)(H,23,29,30). The zero-order chi connectivity index (χ0) is 24.4. The Labute approximate surface area is 188 Å². The monoisotopic (exact) mass is 465 g/mol. The van der Waals surface area contributed by atoms with Crippen molar-refractivity contribution in [2.45, 2.75) is 26.3 Å². The molecule has 2 rings (SSSR count). The fourth-order valence-electron chi connectivity index (χ4n) is 2.84. The van der Waals surface area contributed by atoms with Crippen molar-refractivity contribution in [1.82, 2.24) is 14.9 Å². The fourth-order valence-corrected chi connectivity index (χ4v) is 2.84. The number of anilines is 2. The van der Waals surface area contributed by atoms with Crippen molar-refractivity contribution in [1.29, 1.82) is 0 Å². The van der Waals surface area contributed by atoms with E-state index in [0.717, 1.165) is 11.3 Å². The van der Waals surface area contributed by atoms with E-state index in [2.05, 4.69) is 10.3 Å². The number of aromatic nitrogens is 2. The lowest BCUT2D eigenvalue weighted by molar-refractivity contribution is -0.146. The number of esters is 1. The van der Waals surface area contributed by atoms with Gasteiger partial charge in [0.25, 0.3) is 17.4 Å². The number of unbranched alkanes of at least 4 members (excludes halogenated alkanes) is 1. The molecule has 0 aliphatic rings. The average molecular weight is 465 g/mol. The third-order valence-corrected chi connectivity index (χ3v) is 4.53. The summed E-state index contributed by atoms with van der Waals surface area (Å²) >= 11 is 0. The SMILES string of the molecule is CCCCn1c(N)c(N(CCOC)C(=O)COC(=O)CNC(=O)c2ccco2)c(=O)[nH]c1=O. The highest BCUT2D eigenvalue weighted by Gasteiger charge is 2.25. The predicted molar refractivity (Wildman–Crippen MR) is 117 cm³/mol. The molecule has 13 nitrogen and oxygen atoms in total. The number of ether oxygens (including phenoxy) is 2. The van der Waals surface area contributed by atoms with E-state index in [-0.39, 0.29) is 37.0 Å². The number of nitrogen functional groups attached to an aromatic ring is 1. The lowest BCUT2D eigenvalue weighted by Crippen LogP contribution is -2.44. The number of carbonyl (C=O) groups excluding carboxylic acids is 3. The summed E-state index contributed by atoms with van der Waals surface area (Å²) in [5.41, 5.74) is 4.28. The first-order chi connectivity index (χ1) is 15.8.